The van der Waals surface area contributed by atoms with Crippen LogP contribution in [0.15, 0.2) is 36.5 Å². The van der Waals surface area contributed by atoms with Crippen LogP contribution in [0.2, 0.25) is 0 Å². The fourth-order valence-corrected chi connectivity index (χ4v) is 10.7. The molecule has 0 aromatic rings. The molecular formula is C70H133NO5. The van der Waals surface area contributed by atoms with E-state index in [4.69, 9.17) is 4.74 Å². The van der Waals surface area contributed by atoms with Crippen molar-refractivity contribution in [3.05, 3.63) is 36.5 Å². The predicted octanol–water partition coefficient (Wildman–Crippen LogP) is 21.9. The fourth-order valence-electron chi connectivity index (χ4n) is 10.7. The molecule has 3 N–H and O–H groups in total. The standard InChI is InChI=1S/C70H133NO5/c1-3-5-7-9-11-13-15-39-43-46-50-54-58-62-68(73)67(66-72)71-69(74)63-59-55-51-47-44-40-37-35-33-31-29-27-25-23-21-19-17-16-18-20-22-24-26-28-30-32-34-36-38-41-45-49-53-57-61-65-76-70(75)64-60-56-52-48-42-14-12-10-8-6-4-2/h10,12,18,20,24,26,67-68,72-73H,3-9,11,13-17,19,21-23,25,27-66H2,1-2H3,(H,71,74)/b12-10-,20-18-,26-24-. The van der Waals surface area contributed by atoms with Crippen molar-refractivity contribution in [1.82, 2.24) is 5.32 Å². The second-order valence-corrected chi connectivity index (χ2v) is 23.5. The number of aliphatic hydroxyl groups is 2. The molecule has 0 aromatic carbocycles. The molecule has 448 valence electrons. The number of aliphatic hydroxyl groups excluding tert-OH is 2. The van der Waals surface area contributed by atoms with Crippen LogP contribution in [0.5, 0.6) is 0 Å². The first-order chi connectivity index (χ1) is 37.5. The predicted molar refractivity (Wildman–Crippen MR) is 333 cm³/mol. The minimum Gasteiger partial charge on any atom is -0.466 e. The molecule has 6 heteroatoms. The van der Waals surface area contributed by atoms with Gasteiger partial charge in [-0.15, -0.1) is 0 Å². The summed E-state index contributed by atoms with van der Waals surface area (Å²) in [7, 11) is 0. The van der Waals surface area contributed by atoms with Crippen LogP contribution >= 0.6 is 0 Å². The highest BCUT2D eigenvalue weighted by Crippen LogP contribution is 2.18. The number of carbonyl (C=O) groups excluding carboxylic acids is 2. The van der Waals surface area contributed by atoms with Crippen LogP contribution in [0, 0.1) is 0 Å². The van der Waals surface area contributed by atoms with Crippen LogP contribution in [0.25, 0.3) is 0 Å². The molecule has 0 aliphatic rings. The van der Waals surface area contributed by atoms with Crippen LogP contribution in [-0.2, 0) is 14.3 Å². The monoisotopic (exact) mass is 1070 g/mol. The summed E-state index contributed by atoms with van der Waals surface area (Å²) >= 11 is 0. The number of unbranched alkanes of at least 4 members (excludes halogenated alkanes) is 47. The van der Waals surface area contributed by atoms with Crippen LogP contribution in [0.3, 0.4) is 0 Å². The second kappa shape index (κ2) is 65.6. The average Bonchev–Trinajstić information content (AvgIpc) is 3.42. The van der Waals surface area contributed by atoms with Crippen molar-refractivity contribution >= 4 is 11.9 Å². The number of amides is 1. The molecular weight excluding hydrogens is 935 g/mol. The van der Waals surface area contributed by atoms with E-state index in [0.29, 0.717) is 25.9 Å². The quantitative estimate of drug-likeness (QED) is 0.0320. The van der Waals surface area contributed by atoms with Gasteiger partial charge in [0, 0.05) is 12.8 Å². The van der Waals surface area contributed by atoms with E-state index in [1.807, 2.05) is 0 Å². The fraction of sp³-hybridized carbons (Fsp3) is 0.886. The van der Waals surface area contributed by atoms with Gasteiger partial charge >= 0.3 is 5.97 Å². The normalized spacial score (nSPS) is 12.7. The van der Waals surface area contributed by atoms with E-state index in [0.717, 1.165) is 51.4 Å². The van der Waals surface area contributed by atoms with Crippen molar-refractivity contribution in [3.8, 4) is 0 Å². The molecule has 1 amide bonds. The van der Waals surface area contributed by atoms with E-state index in [-0.39, 0.29) is 18.5 Å². The third-order valence-electron chi connectivity index (χ3n) is 15.9. The van der Waals surface area contributed by atoms with E-state index in [9.17, 15) is 19.8 Å². The van der Waals surface area contributed by atoms with Crippen LogP contribution in [0.1, 0.15) is 373 Å². The van der Waals surface area contributed by atoms with Crippen LogP contribution < -0.4 is 5.32 Å². The molecule has 0 radical (unpaired) electrons. The summed E-state index contributed by atoms with van der Waals surface area (Å²) in [5, 5.41) is 23.3. The largest absolute Gasteiger partial charge is 0.466 e. The Hall–Kier alpha value is -1.92. The number of allylic oxidation sites excluding steroid dienone is 6. The van der Waals surface area contributed by atoms with Crippen molar-refractivity contribution in [1.29, 1.82) is 0 Å². The maximum atomic E-state index is 12.5. The SMILES string of the molecule is CCCC/C=C\CCCCCCCC(=O)OCCCCCCCCCCCCC/C=C\C/C=C\CCCCCCCCCCCCCCCCCCCC(=O)NC(CO)C(O)CCCCCCCCCCCCCCC. The maximum Gasteiger partial charge on any atom is 0.305 e. The van der Waals surface area contributed by atoms with Crippen molar-refractivity contribution in [2.24, 2.45) is 0 Å². The van der Waals surface area contributed by atoms with E-state index >= 15 is 0 Å². The van der Waals surface area contributed by atoms with Gasteiger partial charge in [-0.2, -0.15) is 0 Å². The van der Waals surface area contributed by atoms with Crippen LogP contribution in [-0.4, -0.2) is 47.4 Å². The lowest BCUT2D eigenvalue weighted by Crippen LogP contribution is -2.45. The van der Waals surface area contributed by atoms with E-state index < -0.39 is 12.1 Å². The lowest BCUT2D eigenvalue weighted by Gasteiger charge is -2.22. The zero-order chi connectivity index (χ0) is 55.0. The molecule has 0 rings (SSSR count). The van der Waals surface area contributed by atoms with Crippen LogP contribution in [0.4, 0.5) is 0 Å². The van der Waals surface area contributed by atoms with E-state index in [2.05, 4.69) is 55.6 Å². The van der Waals surface area contributed by atoms with Gasteiger partial charge in [-0.3, -0.25) is 9.59 Å². The van der Waals surface area contributed by atoms with E-state index in [1.165, 1.54) is 289 Å². The van der Waals surface area contributed by atoms with Gasteiger partial charge in [-0.25, -0.2) is 0 Å². The Balaban J connectivity index is 3.36. The smallest absolute Gasteiger partial charge is 0.305 e. The third-order valence-corrected chi connectivity index (χ3v) is 15.9. The number of hydrogen-bond acceptors (Lipinski definition) is 5. The summed E-state index contributed by atoms with van der Waals surface area (Å²) in [6, 6.07) is -0.539. The topological polar surface area (TPSA) is 95.9 Å². The Morgan fingerprint density at radius 3 is 1.05 bits per heavy atom. The second-order valence-electron chi connectivity index (χ2n) is 23.5. The molecule has 2 atom stereocenters. The Labute approximate surface area is 474 Å². The van der Waals surface area contributed by atoms with Crippen molar-refractivity contribution in [2.75, 3.05) is 13.2 Å². The Morgan fingerprint density at radius 1 is 0.368 bits per heavy atom. The number of hydrogen-bond donors (Lipinski definition) is 3. The molecule has 0 aliphatic carbocycles. The molecule has 0 bridgehead atoms. The molecule has 2 unspecified atom stereocenters. The highest BCUT2D eigenvalue weighted by molar-refractivity contribution is 5.76. The van der Waals surface area contributed by atoms with Crippen molar-refractivity contribution in [2.45, 2.75) is 386 Å². The zero-order valence-electron chi connectivity index (χ0n) is 51.3. The molecule has 0 spiro atoms. The van der Waals surface area contributed by atoms with Gasteiger partial charge < -0.3 is 20.3 Å². The Morgan fingerprint density at radius 2 is 0.671 bits per heavy atom. The Kier molecular flexibility index (Phi) is 63.9. The van der Waals surface area contributed by atoms with Gasteiger partial charge in [0.25, 0.3) is 0 Å². The van der Waals surface area contributed by atoms with E-state index in [1.54, 1.807) is 0 Å². The summed E-state index contributed by atoms with van der Waals surface area (Å²) in [6.07, 6.45) is 83.4. The van der Waals surface area contributed by atoms with Crippen molar-refractivity contribution in [3.63, 3.8) is 0 Å². The maximum absolute atomic E-state index is 12.5. The minimum absolute atomic E-state index is 0.00571. The summed E-state index contributed by atoms with van der Waals surface area (Å²) in [6.45, 7) is 4.93. The summed E-state index contributed by atoms with van der Waals surface area (Å²) in [5.74, 6) is -0.0254. The van der Waals surface area contributed by atoms with Gasteiger partial charge in [0.2, 0.25) is 5.91 Å². The lowest BCUT2D eigenvalue weighted by molar-refractivity contribution is -0.143. The number of carbonyl (C=O) groups is 2. The first-order valence-electron chi connectivity index (χ1n) is 34.2. The van der Waals surface area contributed by atoms with Gasteiger partial charge in [-0.05, 0) is 77.0 Å². The first kappa shape index (κ1) is 74.1. The Bertz CT molecular complexity index is 1230. The van der Waals surface area contributed by atoms with Gasteiger partial charge in [0.05, 0.1) is 25.4 Å². The number of ether oxygens (including phenoxy) is 1. The highest BCUT2D eigenvalue weighted by atomic mass is 16.5. The number of rotatable bonds is 64. The molecule has 0 aromatic heterocycles. The molecule has 0 fully saturated rings. The minimum atomic E-state index is -0.662. The third kappa shape index (κ3) is 61.3. The summed E-state index contributed by atoms with van der Waals surface area (Å²) < 4.78 is 5.46. The molecule has 0 aliphatic heterocycles. The van der Waals surface area contributed by atoms with Gasteiger partial charge in [0.1, 0.15) is 0 Å². The molecule has 76 heavy (non-hydrogen) atoms. The highest BCUT2D eigenvalue weighted by Gasteiger charge is 2.20. The van der Waals surface area contributed by atoms with Gasteiger partial charge in [-0.1, -0.05) is 320 Å². The molecule has 0 saturated heterocycles. The van der Waals surface area contributed by atoms with Gasteiger partial charge in [0.15, 0.2) is 0 Å². The first-order valence-corrected chi connectivity index (χ1v) is 34.2. The summed E-state index contributed by atoms with van der Waals surface area (Å²) in [4.78, 5) is 24.5. The number of nitrogens with one attached hydrogen (secondary N) is 1. The summed E-state index contributed by atoms with van der Waals surface area (Å²) in [5.41, 5.74) is 0. The molecule has 0 saturated carbocycles. The molecule has 0 heterocycles. The van der Waals surface area contributed by atoms with Crippen molar-refractivity contribution < 1.29 is 24.5 Å². The average molecular weight is 1070 g/mol. The zero-order valence-corrected chi connectivity index (χ0v) is 51.3. The number of esters is 1. The molecule has 6 nitrogen and oxygen atoms in total. The lowest BCUT2D eigenvalue weighted by atomic mass is 10.0.